The van der Waals surface area contributed by atoms with Crippen LogP contribution in [0.3, 0.4) is 0 Å². The molecule has 0 radical (unpaired) electrons. The van der Waals surface area contributed by atoms with Crippen LogP contribution in [-0.4, -0.2) is 14.8 Å². The van der Waals surface area contributed by atoms with Gasteiger partial charge in [0.1, 0.15) is 0 Å². The van der Waals surface area contributed by atoms with Gasteiger partial charge in [-0.05, 0) is 25.5 Å². The molecule has 18 heavy (non-hydrogen) atoms. The predicted octanol–water partition coefficient (Wildman–Crippen LogP) is 2.23. The molecule has 96 valence electrons. The van der Waals surface area contributed by atoms with Crippen molar-refractivity contribution in [2.45, 2.75) is 32.9 Å². The molecule has 0 spiro atoms. The molecule has 0 aliphatic rings. The molecule has 0 aliphatic heterocycles. The molecular weight excluding hydrogens is 224 g/mol. The van der Waals surface area contributed by atoms with Crippen LogP contribution in [0, 0.1) is 0 Å². The van der Waals surface area contributed by atoms with Crippen LogP contribution in [0.2, 0.25) is 0 Å². The highest BCUT2D eigenvalue weighted by molar-refractivity contribution is 5.17. The summed E-state index contributed by atoms with van der Waals surface area (Å²) < 4.78 is 1.88. The third kappa shape index (κ3) is 2.96. The Labute approximate surface area is 108 Å². The van der Waals surface area contributed by atoms with Crippen molar-refractivity contribution in [2.24, 2.45) is 7.05 Å². The van der Waals surface area contributed by atoms with E-state index >= 15 is 0 Å². The fourth-order valence-electron chi connectivity index (χ4n) is 2.03. The Kier molecular flexibility index (Phi) is 4.10. The van der Waals surface area contributed by atoms with Gasteiger partial charge < -0.3 is 5.32 Å². The minimum atomic E-state index is 0.246. The fraction of sp³-hybridized carbons (Fsp3) is 0.429. The topological polar surface area (TPSA) is 42.7 Å². The SMILES string of the molecule is CCc1nn(C)cc1CN[C@H](C)c1ccccn1. The highest BCUT2D eigenvalue weighted by Crippen LogP contribution is 2.11. The van der Waals surface area contributed by atoms with Crippen LogP contribution in [0.15, 0.2) is 30.6 Å². The van der Waals surface area contributed by atoms with Crippen LogP contribution in [-0.2, 0) is 20.0 Å². The summed E-state index contributed by atoms with van der Waals surface area (Å²) in [6, 6.07) is 6.24. The number of aryl methyl sites for hydroxylation is 2. The Morgan fingerprint density at radius 2 is 2.22 bits per heavy atom. The molecule has 0 bridgehead atoms. The molecule has 1 atom stereocenters. The summed E-state index contributed by atoms with van der Waals surface area (Å²) >= 11 is 0. The summed E-state index contributed by atoms with van der Waals surface area (Å²) in [5.74, 6) is 0. The first-order valence-corrected chi connectivity index (χ1v) is 6.36. The van der Waals surface area contributed by atoms with E-state index in [4.69, 9.17) is 0 Å². The van der Waals surface area contributed by atoms with E-state index in [0.717, 1.165) is 18.7 Å². The molecule has 0 amide bonds. The van der Waals surface area contributed by atoms with E-state index in [9.17, 15) is 0 Å². The van der Waals surface area contributed by atoms with Crippen LogP contribution < -0.4 is 5.32 Å². The smallest absolute Gasteiger partial charge is 0.0666 e. The second kappa shape index (κ2) is 5.78. The molecule has 2 heterocycles. The van der Waals surface area contributed by atoms with Crippen LogP contribution in [0.4, 0.5) is 0 Å². The number of nitrogens with one attached hydrogen (secondary N) is 1. The van der Waals surface area contributed by atoms with E-state index in [1.165, 1.54) is 11.3 Å². The predicted molar refractivity (Wildman–Crippen MR) is 72.1 cm³/mol. The molecule has 0 aliphatic carbocycles. The van der Waals surface area contributed by atoms with Gasteiger partial charge in [0.2, 0.25) is 0 Å². The van der Waals surface area contributed by atoms with Crippen LogP contribution in [0.5, 0.6) is 0 Å². The van der Waals surface area contributed by atoms with Gasteiger partial charge in [-0.2, -0.15) is 5.10 Å². The monoisotopic (exact) mass is 244 g/mol. The van der Waals surface area contributed by atoms with Crippen molar-refractivity contribution < 1.29 is 0 Å². The Balaban J connectivity index is 1.99. The van der Waals surface area contributed by atoms with Crippen molar-refractivity contribution in [3.05, 3.63) is 47.5 Å². The van der Waals surface area contributed by atoms with Gasteiger partial charge in [-0.3, -0.25) is 9.67 Å². The van der Waals surface area contributed by atoms with Gasteiger partial charge in [0, 0.05) is 37.6 Å². The lowest BCUT2D eigenvalue weighted by Crippen LogP contribution is -2.19. The quantitative estimate of drug-likeness (QED) is 0.877. The summed E-state index contributed by atoms with van der Waals surface area (Å²) in [7, 11) is 1.96. The minimum absolute atomic E-state index is 0.246. The largest absolute Gasteiger partial charge is 0.305 e. The molecule has 1 N–H and O–H groups in total. The van der Waals surface area contributed by atoms with Crippen LogP contribution >= 0.6 is 0 Å². The Morgan fingerprint density at radius 3 is 2.89 bits per heavy atom. The first-order valence-electron chi connectivity index (χ1n) is 6.36. The van der Waals surface area contributed by atoms with Gasteiger partial charge in [-0.15, -0.1) is 0 Å². The molecule has 2 aromatic rings. The molecule has 2 aromatic heterocycles. The summed E-state index contributed by atoms with van der Waals surface area (Å²) in [6.07, 6.45) is 4.88. The van der Waals surface area contributed by atoms with Gasteiger partial charge in [0.25, 0.3) is 0 Å². The van der Waals surface area contributed by atoms with Crippen LogP contribution in [0.1, 0.15) is 36.8 Å². The Morgan fingerprint density at radius 1 is 1.39 bits per heavy atom. The standard InChI is InChI=1S/C14H20N4/c1-4-13-12(10-18(3)17-13)9-16-11(2)14-7-5-6-8-15-14/h5-8,10-11,16H,4,9H2,1-3H3/t11-/m1/s1. The number of pyridine rings is 1. The van der Waals surface area contributed by atoms with E-state index in [2.05, 4.69) is 35.4 Å². The molecular formula is C14H20N4. The first kappa shape index (κ1) is 12.8. The molecule has 0 saturated heterocycles. The first-order chi connectivity index (χ1) is 8.70. The fourth-order valence-corrected chi connectivity index (χ4v) is 2.03. The van der Waals surface area contributed by atoms with Crippen molar-refractivity contribution in [2.75, 3.05) is 0 Å². The average Bonchev–Trinajstić information content (AvgIpc) is 2.77. The molecule has 0 aromatic carbocycles. The second-order valence-corrected chi connectivity index (χ2v) is 4.49. The van der Waals surface area contributed by atoms with Crippen molar-refractivity contribution >= 4 is 0 Å². The molecule has 0 unspecified atom stereocenters. The highest BCUT2D eigenvalue weighted by atomic mass is 15.3. The summed E-state index contributed by atoms with van der Waals surface area (Å²) in [5.41, 5.74) is 3.50. The van der Waals surface area contributed by atoms with E-state index in [1.807, 2.05) is 36.1 Å². The van der Waals surface area contributed by atoms with E-state index in [0.29, 0.717) is 0 Å². The zero-order valence-electron chi connectivity index (χ0n) is 11.2. The van der Waals surface area contributed by atoms with Gasteiger partial charge in [0.05, 0.1) is 11.4 Å². The van der Waals surface area contributed by atoms with E-state index in [-0.39, 0.29) is 6.04 Å². The minimum Gasteiger partial charge on any atom is -0.305 e. The van der Waals surface area contributed by atoms with E-state index < -0.39 is 0 Å². The van der Waals surface area contributed by atoms with Gasteiger partial charge >= 0.3 is 0 Å². The zero-order chi connectivity index (χ0) is 13.0. The molecule has 4 heteroatoms. The maximum absolute atomic E-state index is 4.44. The Bertz CT molecular complexity index is 490. The van der Waals surface area contributed by atoms with E-state index in [1.54, 1.807) is 0 Å². The number of hydrogen-bond donors (Lipinski definition) is 1. The lowest BCUT2D eigenvalue weighted by atomic mass is 10.1. The second-order valence-electron chi connectivity index (χ2n) is 4.49. The lowest BCUT2D eigenvalue weighted by molar-refractivity contribution is 0.559. The average molecular weight is 244 g/mol. The third-order valence-corrected chi connectivity index (χ3v) is 3.06. The normalized spacial score (nSPS) is 12.6. The van der Waals surface area contributed by atoms with Crippen molar-refractivity contribution in [1.29, 1.82) is 0 Å². The number of rotatable bonds is 5. The zero-order valence-corrected chi connectivity index (χ0v) is 11.2. The summed E-state index contributed by atoms with van der Waals surface area (Å²) in [5, 5.41) is 7.93. The maximum atomic E-state index is 4.44. The number of aromatic nitrogens is 3. The third-order valence-electron chi connectivity index (χ3n) is 3.06. The number of hydrogen-bond acceptors (Lipinski definition) is 3. The van der Waals surface area contributed by atoms with Gasteiger partial charge in [0.15, 0.2) is 0 Å². The Hall–Kier alpha value is -1.68. The van der Waals surface area contributed by atoms with Gasteiger partial charge in [-0.25, -0.2) is 0 Å². The molecule has 0 saturated carbocycles. The van der Waals surface area contributed by atoms with Gasteiger partial charge in [-0.1, -0.05) is 13.0 Å². The van der Waals surface area contributed by atoms with Crippen molar-refractivity contribution in [3.63, 3.8) is 0 Å². The van der Waals surface area contributed by atoms with Crippen molar-refractivity contribution in [3.8, 4) is 0 Å². The van der Waals surface area contributed by atoms with Crippen LogP contribution in [0.25, 0.3) is 0 Å². The summed E-state index contributed by atoms with van der Waals surface area (Å²) in [6.45, 7) is 5.09. The molecule has 0 fully saturated rings. The summed E-state index contributed by atoms with van der Waals surface area (Å²) in [4.78, 5) is 4.36. The highest BCUT2D eigenvalue weighted by Gasteiger charge is 2.09. The maximum Gasteiger partial charge on any atom is 0.0666 e. The number of nitrogens with zero attached hydrogens (tertiary/aromatic N) is 3. The molecule has 4 nitrogen and oxygen atoms in total. The molecule has 2 rings (SSSR count). The lowest BCUT2D eigenvalue weighted by Gasteiger charge is -2.12. The van der Waals surface area contributed by atoms with Crippen molar-refractivity contribution in [1.82, 2.24) is 20.1 Å².